The first kappa shape index (κ1) is 35.6. The molecule has 0 radical (unpaired) electrons. The number of carboxylic acids is 1. The van der Waals surface area contributed by atoms with E-state index in [9.17, 15) is 44.7 Å². The topological polar surface area (TPSA) is 93.4 Å². The van der Waals surface area contributed by atoms with Crippen molar-refractivity contribution >= 4 is 22.9 Å². The fourth-order valence-corrected chi connectivity index (χ4v) is 5.05. The van der Waals surface area contributed by atoms with Crippen molar-refractivity contribution in [3.05, 3.63) is 125 Å². The Kier molecular flexibility index (Phi) is 9.71. The minimum atomic E-state index is -5.09. The number of benzene rings is 4. The molecule has 1 aromatic heterocycles. The van der Waals surface area contributed by atoms with E-state index in [1.54, 1.807) is 6.07 Å². The van der Waals surface area contributed by atoms with Crippen molar-refractivity contribution in [2.75, 3.05) is 6.54 Å². The van der Waals surface area contributed by atoms with Crippen LogP contribution in [0, 0.1) is 0 Å². The summed E-state index contributed by atoms with van der Waals surface area (Å²) in [4.78, 5) is 28.1. The van der Waals surface area contributed by atoms with Crippen molar-refractivity contribution in [1.82, 2.24) is 14.9 Å². The molecule has 260 valence electrons. The van der Waals surface area contributed by atoms with Crippen molar-refractivity contribution in [2.45, 2.75) is 31.2 Å². The van der Waals surface area contributed by atoms with Crippen LogP contribution in [0.4, 0.5) is 35.1 Å². The molecule has 0 aliphatic carbocycles. The van der Waals surface area contributed by atoms with Gasteiger partial charge in [-0.2, -0.15) is 35.1 Å². The van der Waals surface area contributed by atoms with Crippen LogP contribution < -0.4 is 10.1 Å². The summed E-state index contributed by atoms with van der Waals surface area (Å²) in [6.07, 6.45) is -10.0. The Labute approximate surface area is 278 Å². The Morgan fingerprint density at radius 1 is 0.820 bits per heavy atom. The van der Waals surface area contributed by atoms with E-state index in [-0.39, 0.29) is 69.6 Å². The van der Waals surface area contributed by atoms with E-state index in [0.29, 0.717) is 18.2 Å². The number of fused-ring (bicyclic) bond motifs is 1. The molecule has 7 nitrogen and oxygen atoms in total. The summed E-state index contributed by atoms with van der Waals surface area (Å²) < 4.78 is 118. The molecule has 0 unspecified atom stereocenters. The van der Waals surface area contributed by atoms with Gasteiger partial charge in [-0.25, -0.2) is 4.98 Å². The highest BCUT2D eigenvalue weighted by molar-refractivity contribution is 5.98. The van der Waals surface area contributed by atoms with Crippen LogP contribution in [0.3, 0.4) is 0 Å². The predicted molar refractivity (Wildman–Crippen MR) is 166 cm³/mol. The number of rotatable bonds is 11. The van der Waals surface area contributed by atoms with Crippen molar-refractivity contribution in [1.29, 1.82) is 0 Å². The largest absolute Gasteiger partial charge is 0.481 e. The summed E-state index contributed by atoms with van der Waals surface area (Å²) in [5.41, 5.74) is -3.03. The highest BCUT2D eigenvalue weighted by Crippen LogP contribution is 2.38. The van der Waals surface area contributed by atoms with Gasteiger partial charge in [0.15, 0.2) is 0 Å². The van der Waals surface area contributed by atoms with Crippen LogP contribution in [0.5, 0.6) is 11.5 Å². The number of aromatic nitrogens is 2. The van der Waals surface area contributed by atoms with Gasteiger partial charge in [-0.3, -0.25) is 9.59 Å². The first-order chi connectivity index (χ1) is 23.4. The van der Waals surface area contributed by atoms with E-state index in [2.05, 4.69) is 16.9 Å². The zero-order valence-corrected chi connectivity index (χ0v) is 25.6. The summed E-state index contributed by atoms with van der Waals surface area (Å²) in [5, 5.41) is 11.3. The zero-order valence-electron chi connectivity index (χ0n) is 25.6. The lowest BCUT2D eigenvalue weighted by Gasteiger charge is -2.16. The van der Waals surface area contributed by atoms with Crippen LogP contribution in [-0.4, -0.2) is 33.1 Å². The number of amides is 1. The number of alkyl halides is 8. The van der Waals surface area contributed by atoms with E-state index in [0.717, 1.165) is 6.07 Å². The molecule has 15 heteroatoms. The summed E-state index contributed by atoms with van der Waals surface area (Å²) in [5.74, 6) is -4.88. The highest BCUT2D eigenvalue weighted by atomic mass is 19.4. The number of carbonyl (C=O) groups excluding carboxylic acids is 1. The number of hydrogen-bond donors (Lipinski definition) is 2. The number of allylic oxidation sites excluding steroid dienone is 1. The van der Waals surface area contributed by atoms with Gasteiger partial charge >= 0.3 is 18.3 Å². The molecule has 0 aliphatic heterocycles. The monoisotopic (exact) mass is 703 g/mol. The van der Waals surface area contributed by atoms with E-state index in [1.165, 1.54) is 59.2 Å². The minimum Gasteiger partial charge on any atom is -0.481 e. The average Bonchev–Trinajstić information content (AvgIpc) is 3.41. The van der Waals surface area contributed by atoms with Gasteiger partial charge in [0.25, 0.3) is 11.8 Å². The van der Waals surface area contributed by atoms with Gasteiger partial charge in [-0.1, -0.05) is 30.8 Å². The van der Waals surface area contributed by atoms with E-state index in [1.807, 2.05) is 0 Å². The van der Waals surface area contributed by atoms with Crippen LogP contribution in [-0.2, 0) is 29.6 Å². The second-order valence-corrected chi connectivity index (χ2v) is 11.0. The van der Waals surface area contributed by atoms with Gasteiger partial charge in [-0.15, -0.1) is 0 Å². The molecule has 5 rings (SSSR count). The molecular weight excluding hydrogens is 678 g/mol. The number of aliphatic carboxylic acids is 1. The molecule has 0 spiro atoms. The maximum absolute atomic E-state index is 14.2. The number of hydrogen-bond acceptors (Lipinski definition) is 4. The Balaban J connectivity index is 1.60. The normalized spacial score (nSPS) is 12.2. The Morgan fingerprint density at radius 3 is 2.08 bits per heavy atom. The summed E-state index contributed by atoms with van der Waals surface area (Å²) in [7, 11) is 0. The Morgan fingerprint density at radius 2 is 1.46 bits per heavy atom. The summed E-state index contributed by atoms with van der Waals surface area (Å²) in [6, 6.07) is 16.4. The maximum atomic E-state index is 14.2. The molecule has 0 saturated heterocycles. The van der Waals surface area contributed by atoms with E-state index in [4.69, 9.17) is 9.84 Å². The lowest BCUT2D eigenvalue weighted by Crippen LogP contribution is -2.25. The van der Waals surface area contributed by atoms with Gasteiger partial charge in [0, 0.05) is 29.8 Å². The first-order valence-electron chi connectivity index (χ1n) is 14.6. The van der Waals surface area contributed by atoms with E-state index < -0.39 is 47.8 Å². The molecule has 0 fully saturated rings. The Hall–Kier alpha value is -5.73. The van der Waals surface area contributed by atoms with Gasteiger partial charge in [0.1, 0.15) is 17.3 Å². The average molecular weight is 704 g/mol. The van der Waals surface area contributed by atoms with Gasteiger partial charge < -0.3 is 19.7 Å². The van der Waals surface area contributed by atoms with Crippen LogP contribution in [0.15, 0.2) is 97.6 Å². The van der Waals surface area contributed by atoms with Crippen molar-refractivity contribution in [3.63, 3.8) is 0 Å². The number of carbonyl (C=O) groups is 2. The van der Waals surface area contributed by atoms with Gasteiger partial charge in [0.2, 0.25) is 0 Å². The van der Waals surface area contributed by atoms with Crippen LogP contribution in [0.1, 0.15) is 39.0 Å². The first-order valence-corrected chi connectivity index (χ1v) is 14.6. The summed E-state index contributed by atoms with van der Waals surface area (Å²) in [6.45, 7) is 2.44. The third kappa shape index (κ3) is 8.10. The van der Waals surface area contributed by atoms with Gasteiger partial charge in [-0.05, 0) is 72.3 Å². The smallest absolute Gasteiger partial charge is 0.416 e. The Bertz CT molecular complexity index is 2050. The number of ether oxygens (including phenoxy) is 1. The predicted octanol–water partition coefficient (Wildman–Crippen LogP) is 9.06. The molecule has 0 bridgehead atoms. The van der Waals surface area contributed by atoms with Crippen LogP contribution >= 0.6 is 0 Å². The third-order valence-corrected chi connectivity index (χ3v) is 7.43. The lowest BCUT2D eigenvalue weighted by molar-refractivity contribution is -0.143. The summed E-state index contributed by atoms with van der Waals surface area (Å²) >= 11 is 0. The second kappa shape index (κ2) is 13.6. The number of nitrogens with one attached hydrogen (secondary N) is 1. The third-order valence-electron chi connectivity index (χ3n) is 7.43. The molecule has 0 atom stereocenters. The molecule has 4 aromatic carbocycles. The molecular formula is C35H25F8N3O4. The number of nitrogens with zero attached hydrogens (tertiary/aromatic N) is 2. The quantitative estimate of drug-likeness (QED) is 0.106. The number of halogens is 8. The molecule has 1 heterocycles. The van der Waals surface area contributed by atoms with E-state index >= 15 is 0 Å². The maximum Gasteiger partial charge on any atom is 0.416 e. The van der Waals surface area contributed by atoms with Gasteiger partial charge in [0.05, 0.1) is 28.6 Å². The lowest BCUT2D eigenvalue weighted by atomic mass is 10.0. The fourth-order valence-electron chi connectivity index (χ4n) is 5.05. The van der Waals surface area contributed by atoms with Crippen LogP contribution in [0.25, 0.3) is 22.4 Å². The van der Waals surface area contributed by atoms with Crippen LogP contribution in [0.2, 0.25) is 0 Å². The molecule has 5 aromatic rings. The number of carboxylic acid groups (broad SMARTS) is 1. The molecule has 2 N–H and O–H groups in total. The second-order valence-electron chi connectivity index (χ2n) is 11.0. The number of imidazole rings is 1. The van der Waals surface area contributed by atoms with Crippen molar-refractivity contribution < 1.29 is 54.6 Å². The van der Waals surface area contributed by atoms with Crippen molar-refractivity contribution in [3.8, 4) is 22.9 Å². The zero-order chi connectivity index (χ0) is 36.4. The molecule has 0 aliphatic rings. The van der Waals surface area contributed by atoms with Crippen molar-refractivity contribution in [2.24, 2.45) is 0 Å². The highest BCUT2D eigenvalue weighted by Gasteiger charge is 2.37. The minimum absolute atomic E-state index is 0.0202. The molecule has 0 saturated carbocycles. The SMILES string of the molecule is C=CC(F)(F)c1cccc(Oc2cccc(-c3nc4cc(C(=O)NCCC(=O)O)ccc4n3Cc3cc(C(F)(F)F)cc(C(F)(F)F)c3)c2)c1. The molecule has 50 heavy (non-hydrogen) atoms. The standard InChI is InChI=1S/C35H25F8N3O4/c1-2-33(36,37)23-6-4-8-27(18-23)50-26-7-3-5-21(15-26)31-45-28-16-22(32(49)44-12-11-30(47)48)9-10-29(28)46(31)19-20-13-24(34(38,39)40)17-25(14-20)35(41,42)43/h2-10,13-18H,1,11-12,19H2,(H,44,49)(H,47,48). The molecule has 1 amide bonds. The fraction of sp³-hybridized carbons (Fsp3) is 0.171.